The van der Waals surface area contributed by atoms with E-state index in [4.69, 9.17) is 5.10 Å². The fraction of sp³-hybridized carbons (Fsp3) is 0.435. The number of likely N-dealkylation sites (tertiary alicyclic amines) is 1. The highest BCUT2D eigenvalue weighted by Gasteiger charge is 2.47. The molecule has 1 spiro atoms. The number of nitrogens with zero attached hydrogens (tertiary/aromatic N) is 4. The number of aromatic nitrogens is 3. The van der Waals surface area contributed by atoms with Crippen molar-refractivity contribution in [2.45, 2.75) is 51.7 Å². The van der Waals surface area contributed by atoms with E-state index in [2.05, 4.69) is 36.9 Å². The maximum atomic E-state index is 12.8. The molecule has 30 heavy (non-hydrogen) atoms. The summed E-state index contributed by atoms with van der Waals surface area (Å²) in [6.45, 7) is 7.99. The van der Waals surface area contributed by atoms with E-state index in [9.17, 15) is 9.59 Å². The first-order chi connectivity index (χ1) is 14.4. The van der Waals surface area contributed by atoms with E-state index >= 15 is 0 Å². The first-order valence-electron chi connectivity index (χ1n) is 10.5. The fourth-order valence-electron chi connectivity index (χ4n) is 5.13. The molecule has 2 aromatic heterocycles. The second-order valence-corrected chi connectivity index (χ2v) is 9.84. The summed E-state index contributed by atoms with van der Waals surface area (Å²) in [7, 11) is 0. The van der Waals surface area contributed by atoms with E-state index in [-0.39, 0.29) is 5.41 Å². The molecule has 4 heterocycles. The number of rotatable bonds is 4. The predicted molar refractivity (Wildman–Crippen MR) is 118 cm³/mol. The molecule has 0 radical (unpaired) electrons. The quantitative estimate of drug-likeness (QED) is 0.607. The summed E-state index contributed by atoms with van der Waals surface area (Å²) < 4.78 is 3.01. The fourth-order valence-corrected chi connectivity index (χ4v) is 5.81. The Morgan fingerprint density at radius 2 is 1.80 bits per heavy atom. The Labute approximate surface area is 179 Å². The van der Waals surface area contributed by atoms with Crippen LogP contribution in [-0.4, -0.2) is 32.3 Å². The first-order valence-corrected chi connectivity index (χ1v) is 11.4. The number of hydrogen-bond acceptors (Lipinski definition) is 5. The molecule has 0 N–H and O–H groups in total. The topological polar surface area (TPSA) is 60.1 Å². The van der Waals surface area contributed by atoms with Crippen molar-refractivity contribution in [3.63, 3.8) is 0 Å². The van der Waals surface area contributed by atoms with Gasteiger partial charge in [-0.25, -0.2) is 4.68 Å². The molecule has 0 bridgehead atoms. The third-order valence-electron chi connectivity index (χ3n) is 6.43. The molecule has 1 saturated heterocycles. The molecule has 0 aliphatic carbocycles. The monoisotopic (exact) mass is 422 g/mol. The molecule has 1 atom stereocenters. The van der Waals surface area contributed by atoms with E-state index < -0.39 is 11.1 Å². The maximum Gasteiger partial charge on any atom is 0.332 e. The van der Waals surface area contributed by atoms with Crippen LogP contribution in [0, 0.1) is 13.8 Å². The van der Waals surface area contributed by atoms with Gasteiger partial charge in [0.2, 0.25) is 0 Å². The standard InChI is InChI=1S/C23H26N4O2S/c1-16-10-17(2)12-18(11-16)13-25-7-5-23(15-25)6-8-26-20(28)21(29)27(24-22(23)26)14-19-4-3-9-30-19/h3-4,9-12H,5-8,13-15H2,1-2H3/t23-/m1/s1. The van der Waals surface area contributed by atoms with Crippen LogP contribution in [0.4, 0.5) is 0 Å². The van der Waals surface area contributed by atoms with Gasteiger partial charge in [-0.3, -0.25) is 19.1 Å². The SMILES string of the molecule is Cc1cc(C)cc(CN2CC[C@@]3(CCn4c3nn(Cc3cccs3)c(=O)c4=O)C2)c1. The van der Waals surface area contributed by atoms with Crippen molar-refractivity contribution in [3.05, 3.63) is 83.8 Å². The van der Waals surface area contributed by atoms with Crippen LogP contribution in [0.25, 0.3) is 0 Å². The Kier molecular flexibility index (Phi) is 4.75. The highest BCUT2D eigenvalue weighted by atomic mass is 32.1. The molecule has 2 aliphatic heterocycles. The lowest BCUT2D eigenvalue weighted by Crippen LogP contribution is -2.45. The van der Waals surface area contributed by atoms with Crippen molar-refractivity contribution in [3.8, 4) is 0 Å². The minimum Gasteiger partial charge on any atom is -0.298 e. The van der Waals surface area contributed by atoms with Crippen LogP contribution < -0.4 is 11.1 Å². The van der Waals surface area contributed by atoms with Crippen molar-refractivity contribution >= 4 is 11.3 Å². The van der Waals surface area contributed by atoms with E-state index in [0.717, 1.165) is 43.2 Å². The van der Waals surface area contributed by atoms with Crippen molar-refractivity contribution in [2.24, 2.45) is 0 Å². The first kappa shape index (κ1) is 19.5. The highest BCUT2D eigenvalue weighted by molar-refractivity contribution is 7.09. The largest absolute Gasteiger partial charge is 0.332 e. The summed E-state index contributed by atoms with van der Waals surface area (Å²) in [5.74, 6) is 0.798. The lowest BCUT2D eigenvalue weighted by molar-refractivity contribution is 0.298. The molecule has 3 aromatic rings. The zero-order valence-electron chi connectivity index (χ0n) is 17.4. The molecule has 6 nitrogen and oxygen atoms in total. The zero-order valence-corrected chi connectivity index (χ0v) is 18.2. The van der Waals surface area contributed by atoms with Gasteiger partial charge >= 0.3 is 11.1 Å². The Morgan fingerprint density at radius 3 is 2.53 bits per heavy atom. The van der Waals surface area contributed by atoms with Gasteiger partial charge in [-0.05, 0) is 50.2 Å². The van der Waals surface area contributed by atoms with E-state index in [1.54, 1.807) is 15.9 Å². The van der Waals surface area contributed by atoms with Gasteiger partial charge in [0.25, 0.3) is 0 Å². The predicted octanol–water partition coefficient (Wildman–Crippen LogP) is 2.68. The zero-order chi connectivity index (χ0) is 20.9. The van der Waals surface area contributed by atoms with E-state index in [1.807, 2.05) is 17.5 Å². The third kappa shape index (κ3) is 3.36. The second kappa shape index (κ2) is 7.32. The minimum absolute atomic E-state index is 0.136. The van der Waals surface area contributed by atoms with Crippen LogP contribution >= 0.6 is 11.3 Å². The van der Waals surface area contributed by atoms with Crippen LogP contribution in [0.5, 0.6) is 0 Å². The Morgan fingerprint density at radius 1 is 1.03 bits per heavy atom. The van der Waals surface area contributed by atoms with Crippen LogP contribution in [0.1, 0.15) is 40.2 Å². The van der Waals surface area contributed by atoms with Gasteiger partial charge in [-0.15, -0.1) is 11.3 Å². The number of thiophene rings is 1. The average molecular weight is 423 g/mol. The van der Waals surface area contributed by atoms with Gasteiger partial charge in [-0.2, -0.15) is 5.10 Å². The van der Waals surface area contributed by atoms with Crippen molar-refractivity contribution in [1.82, 2.24) is 19.2 Å². The van der Waals surface area contributed by atoms with E-state index in [0.29, 0.717) is 13.1 Å². The van der Waals surface area contributed by atoms with Crippen molar-refractivity contribution in [1.29, 1.82) is 0 Å². The second-order valence-electron chi connectivity index (χ2n) is 8.81. The van der Waals surface area contributed by atoms with Crippen molar-refractivity contribution in [2.75, 3.05) is 13.1 Å². The maximum absolute atomic E-state index is 12.8. The average Bonchev–Trinajstić information content (AvgIpc) is 3.41. The Hall–Kier alpha value is -2.51. The molecular weight excluding hydrogens is 396 g/mol. The van der Waals surface area contributed by atoms with Gasteiger partial charge in [0, 0.05) is 29.9 Å². The summed E-state index contributed by atoms with van der Waals surface area (Å²) >= 11 is 1.58. The van der Waals surface area contributed by atoms with Crippen molar-refractivity contribution < 1.29 is 0 Å². The smallest absolute Gasteiger partial charge is 0.298 e. The molecule has 0 saturated carbocycles. The summed E-state index contributed by atoms with van der Waals surface area (Å²) in [5.41, 5.74) is 2.82. The highest BCUT2D eigenvalue weighted by Crippen LogP contribution is 2.40. The molecule has 5 rings (SSSR count). The van der Waals surface area contributed by atoms with Crippen LogP contribution in [-0.2, 0) is 25.0 Å². The number of fused-ring (bicyclic) bond motifs is 2. The molecule has 1 aromatic carbocycles. The lowest BCUT2D eigenvalue weighted by atomic mass is 9.85. The van der Waals surface area contributed by atoms with Crippen LogP contribution in [0.15, 0.2) is 45.3 Å². The van der Waals surface area contributed by atoms with Crippen LogP contribution in [0.3, 0.4) is 0 Å². The van der Waals surface area contributed by atoms with Crippen LogP contribution in [0.2, 0.25) is 0 Å². The molecule has 2 aliphatic rings. The molecule has 156 valence electrons. The summed E-state index contributed by atoms with van der Waals surface area (Å²) in [5, 5.41) is 6.72. The summed E-state index contributed by atoms with van der Waals surface area (Å²) in [4.78, 5) is 28.9. The lowest BCUT2D eigenvalue weighted by Gasteiger charge is -2.24. The van der Waals surface area contributed by atoms with Gasteiger partial charge in [0.15, 0.2) is 0 Å². The molecular formula is C23H26N4O2S. The van der Waals surface area contributed by atoms with Gasteiger partial charge < -0.3 is 0 Å². The van der Waals surface area contributed by atoms with Gasteiger partial charge in [-0.1, -0.05) is 35.4 Å². The minimum atomic E-state index is -0.519. The molecule has 1 fully saturated rings. The third-order valence-corrected chi connectivity index (χ3v) is 7.29. The number of aryl methyl sites for hydroxylation is 2. The molecule has 0 amide bonds. The summed E-state index contributed by atoms with van der Waals surface area (Å²) in [6.07, 6.45) is 1.85. The van der Waals surface area contributed by atoms with Gasteiger partial charge in [0.1, 0.15) is 5.82 Å². The summed E-state index contributed by atoms with van der Waals surface area (Å²) in [6, 6.07) is 10.6. The van der Waals surface area contributed by atoms with E-state index in [1.165, 1.54) is 21.4 Å². The number of benzene rings is 1. The number of hydrogen-bond donors (Lipinski definition) is 0. The normalized spacial score (nSPS) is 20.9. The van der Waals surface area contributed by atoms with Gasteiger partial charge in [0.05, 0.1) is 6.54 Å². The Balaban J connectivity index is 1.44. The molecule has 7 heteroatoms. The molecule has 0 unspecified atom stereocenters. The Bertz CT molecular complexity index is 1190.